The molecule has 0 aliphatic rings. The lowest BCUT2D eigenvalue weighted by Gasteiger charge is -2.08. The van der Waals surface area contributed by atoms with E-state index < -0.39 is 18.1 Å². The quantitative estimate of drug-likeness (QED) is 0.401. The highest BCUT2D eigenvalue weighted by molar-refractivity contribution is 14.1. The number of alkyl halides is 2. The number of nitrogens with zero attached hydrogens (tertiary/aromatic N) is 1. The van der Waals surface area contributed by atoms with Crippen LogP contribution in [-0.4, -0.2) is 17.6 Å². The molecule has 0 bridgehead atoms. The Kier molecular flexibility index (Phi) is 5.28. The summed E-state index contributed by atoms with van der Waals surface area (Å²) in [6, 6.07) is 1.37. The molecule has 1 aromatic heterocycles. The van der Waals surface area contributed by atoms with Crippen molar-refractivity contribution < 1.29 is 18.3 Å². The molecule has 0 spiro atoms. The average molecular weight is 453 g/mol. The molecule has 0 atom stereocenters. The Morgan fingerprint density at radius 3 is 2.69 bits per heavy atom. The zero-order valence-electron chi connectivity index (χ0n) is 8.14. The molecule has 3 nitrogen and oxygen atoms in total. The number of esters is 1. The fraction of sp³-hybridized carbons (Fsp3) is 0.333. The van der Waals surface area contributed by atoms with E-state index in [2.05, 4.69) is 4.98 Å². The average Bonchev–Trinajstić information content (AvgIpc) is 2.21. The predicted molar refractivity (Wildman–Crippen MR) is 70.6 cm³/mol. The number of carbonyl (C=O) groups is 1. The van der Waals surface area contributed by atoms with Crippen molar-refractivity contribution in [2.45, 2.75) is 13.3 Å². The van der Waals surface area contributed by atoms with E-state index in [9.17, 15) is 13.6 Å². The second kappa shape index (κ2) is 6.03. The molecule has 7 heteroatoms. The third kappa shape index (κ3) is 3.22. The molecule has 0 N–H and O–H groups in total. The third-order valence-corrected chi connectivity index (χ3v) is 4.34. The summed E-state index contributed by atoms with van der Waals surface area (Å²) in [6.07, 6.45) is -2.79. The molecule has 0 aliphatic heterocycles. The van der Waals surface area contributed by atoms with Crippen molar-refractivity contribution in [2.75, 3.05) is 6.61 Å². The number of hydrogen-bond donors (Lipinski definition) is 0. The minimum atomic E-state index is -2.79. The molecule has 1 aromatic rings. The van der Waals surface area contributed by atoms with Crippen LogP contribution in [-0.2, 0) is 4.74 Å². The molecule has 0 saturated carbocycles. The maximum absolute atomic E-state index is 12.7. The van der Waals surface area contributed by atoms with Crippen LogP contribution in [0, 0.1) is 7.27 Å². The summed E-state index contributed by atoms with van der Waals surface area (Å²) < 4.78 is 31.1. The van der Waals surface area contributed by atoms with E-state index in [-0.39, 0.29) is 12.2 Å². The second-order valence-corrected chi connectivity index (χ2v) is 4.90. The van der Waals surface area contributed by atoms with Gasteiger partial charge in [0.05, 0.1) is 12.2 Å². The maximum atomic E-state index is 12.7. The smallest absolute Gasteiger partial charge is 0.340 e. The van der Waals surface area contributed by atoms with E-state index in [1.54, 1.807) is 6.92 Å². The number of aromatic nitrogens is 1. The van der Waals surface area contributed by atoms with Gasteiger partial charge < -0.3 is 4.74 Å². The van der Waals surface area contributed by atoms with Crippen LogP contribution in [0.5, 0.6) is 0 Å². The number of ether oxygens (including phenoxy) is 1. The number of hydrogen-bond acceptors (Lipinski definition) is 3. The van der Waals surface area contributed by atoms with Crippen molar-refractivity contribution in [1.82, 2.24) is 4.98 Å². The molecule has 0 amide bonds. The third-order valence-electron chi connectivity index (χ3n) is 1.66. The first-order valence-corrected chi connectivity index (χ1v) is 6.44. The minimum absolute atomic E-state index is 0.143. The summed E-state index contributed by atoms with van der Waals surface area (Å²) in [5.41, 5.74) is -0.690. The summed E-state index contributed by atoms with van der Waals surface area (Å²) in [6.45, 7) is 1.76. The van der Waals surface area contributed by atoms with Crippen molar-refractivity contribution in [2.24, 2.45) is 0 Å². The first-order valence-electron chi connectivity index (χ1n) is 4.28. The topological polar surface area (TPSA) is 39.2 Å². The zero-order chi connectivity index (χ0) is 12.3. The molecule has 16 heavy (non-hydrogen) atoms. The summed E-state index contributed by atoms with van der Waals surface area (Å²) in [5.74, 6) is -0.764. The van der Waals surface area contributed by atoms with Gasteiger partial charge in [-0.2, -0.15) is 0 Å². The van der Waals surface area contributed by atoms with Gasteiger partial charge in [-0.05, 0) is 58.2 Å². The zero-order valence-corrected chi connectivity index (χ0v) is 12.5. The molecule has 0 aromatic carbocycles. The summed E-state index contributed by atoms with van der Waals surface area (Å²) in [7, 11) is 0. The molecule has 0 unspecified atom stereocenters. The van der Waals surface area contributed by atoms with Crippen molar-refractivity contribution in [3.8, 4) is 0 Å². The van der Waals surface area contributed by atoms with Gasteiger partial charge in [0.15, 0.2) is 0 Å². The van der Waals surface area contributed by atoms with Crippen molar-refractivity contribution in [1.29, 1.82) is 0 Å². The first-order chi connectivity index (χ1) is 7.47. The molecular formula is C9H7F2I2NO2. The number of rotatable bonds is 3. The van der Waals surface area contributed by atoms with Gasteiger partial charge in [0.25, 0.3) is 6.43 Å². The Bertz CT molecular complexity index is 413. The van der Waals surface area contributed by atoms with Crippen LogP contribution in [0.2, 0.25) is 0 Å². The monoisotopic (exact) mass is 453 g/mol. The van der Waals surface area contributed by atoms with Gasteiger partial charge in [-0.15, -0.1) is 0 Å². The molecule has 1 rings (SSSR count). The fourth-order valence-electron chi connectivity index (χ4n) is 1.02. The van der Waals surface area contributed by atoms with Gasteiger partial charge in [-0.1, -0.05) is 0 Å². The first kappa shape index (κ1) is 14.0. The Morgan fingerprint density at radius 2 is 2.19 bits per heavy atom. The fourth-order valence-corrected chi connectivity index (χ4v) is 1.87. The highest BCUT2D eigenvalue weighted by Crippen LogP contribution is 2.25. The second-order valence-electron chi connectivity index (χ2n) is 2.71. The van der Waals surface area contributed by atoms with Crippen molar-refractivity contribution in [3.05, 3.63) is 24.6 Å². The maximum Gasteiger partial charge on any atom is 0.340 e. The molecule has 0 saturated heterocycles. The Balaban J connectivity index is 3.24. The largest absolute Gasteiger partial charge is 0.462 e. The van der Waals surface area contributed by atoms with E-state index in [4.69, 9.17) is 4.74 Å². The van der Waals surface area contributed by atoms with Gasteiger partial charge in [-0.25, -0.2) is 18.6 Å². The Morgan fingerprint density at radius 1 is 1.56 bits per heavy atom. The lowest BCUT2D eigenvalue weighted by atomic mass is 10.2. The van der Waals surface area contributed by atoms with Gasteiger partial charge in [0.2, 0.25) is 0 Å². The summed E-state index contributed by atoms with van der Waals surface area (Å²) in [4.78, 5) is 15.1. The van der Waals surface area contributed by atoms with Gasteiger partial charge in [-0.3, -0.25) is 0 Å². The summed E-state index contributed by atoms with van der Waals surface area (Å²) in [5, 5.41) is 0. The van der Waals surface area contributed by atoms with Crippen LogP contribution in [0.4, 0.5) is 8.78 Å². The van der Waals surface area contributed by atoms with Crippen LogP contribution < -0.4 is 0 Å². The van der Waals surface area contributed by atoms with E-state index in [1.807, 2.05) is 45.2 Å². The molecule has 0 fully saturated rings. The van der Waals surface area contributed by atoms with Crippen LogP contribution >= 0.6 is 45.2 Å². The van der Waals surface area contributed by atoms with Gasteiger partial charge in [0, 0.05) is 3.57 Å². The standard InChI is InChI=1S/C9H7F2I2NO2/c1-2-16-9(15)4-3-5(12)8(13)14-6(4)7(10)11/h3,7H,2H2,1H3. The SMILES string of the molecule is CCOC(=O)c1cc(I)c(I)nc1C(F)F. The predicted octanol–water partition coefficient (Wildman–Crippen LogP) is 3.41. The number of pyridine rings is 1. The van der Waals surface area contributed by atoms with Crippen molar-refractivity contribution >= 4 is 51.2 Å². The van der Waals surface area contributed by atoms with Crippen LogP contribution in [0.3, 0.4) is 0 Å². The van der Waals surface area contributed by atoms with E-state index in [0.29, 0.717) is 7.27 Å². The molecular weight excluding hydrogens is 446 g/mol. The normalized spacial score (nSPS) is 10.6. The minimum Gasteiger partial charge on any atom is -0.462 e. The number of halogens is 4. The van der Waals surface area contributed by atoms with Gasteiger partial charge >= 0.3 is 5.97 Å². The highest BCUT2D eigenvalue weighted by Gasteiger charge is 2.22. The van der Waals surface area contributed by atoms with Crippen molar-refractivity contribution in [3.63, 3.8) is 0 Å². The Hall–Kier alpha value is -0.0600. The lowest BCUT2D eigenvalue weighted by molar-refractivity contribution is 0.0513. The van der Waals surface area contributed by atoms with E-state index in [0.717, 1.165) is 0 Å². The Labute approximate surface area is 118 Å². The molecule has 1 heterocycles. The number of carbonyl (C=O) groups excluding carboxylic acids is 1. The van der Waals surface area contributed by atoms with E-state index in [1.165, 1.54) is 6.07 Å². The van der Waals surface area contributed by atoms with E-state index >= 15 is 0 Å². The highest BCUT2D eigenvalue weighted by atomic mass is 127. The van der Waals surface area contributed by atoms with Gasteiger partial charge in [0.1, 0.15) is 9.39 Å². The molecule has 0 aliphatic carbocycles. The molecule has 88 valence electrons. The van der Waals surface area contributed by atoms with Crippen LogP contribution in [0.1, 0.15) is 29.4 Å². The molecule has 0 radical (unpaired) electrons. The van der Waals surface area contributed by atoms with Crippen LogP contribution in [0.15, 0.2) is 6.07 Å². The lowest BCUT2D eigenvalue weighted by Crippen LogP contribution is -2.11. The summed E-state index contributed by atoms with van der Waals surface area (Å²) >= 11 is 3.77. The van der Waals surface area contributed by atoms with Crippen LogP contribution in [0.25, 0.3) is 0 Å².